The summed E-state index contributed by atoms with van der Waals surface area (Å²) in [6.07, 6.45) is 2.72. The number of para-hydroxylation sites is 2. The third-order valence-electron chi connectivity index (χ3n) is 4.18. The van der Waals surface area contributed by atoms with Crippen LogP contribution in [0.4, 0.5) is 5.69 Å². The molecule has 2 heteroatoms. The Labute approximate surface area is 147 Å². The maximum atomic E-state index is 4.69. The number of aliphatic imine (C=N–C) groups is 1. The molecule has 0 fully saturated rings. The average Bonchev–Trinajstić information content (AvgIpc) is 2.68. The van der Waals surface area contributed by atoms with Crippen molar-refractivity contribution in [3.63, 3.8) is 0 Å². The molecule has 0 aliphatic rings. The van der Waals surface area contributed by atoms with Crippen LogP contribution in [0.1, 0.15) is 16.8 Å². The maximum absolute atomic E-state index is 4.69. The van der Waals surface area contributed by atoms with E-state index in [-0.39, 0.29) is 0 Å². The molecule has 1 heterocycles. The van der Waals surface area contributed by atoms with Crippen LogP contribution in [-0.2, 0) is 6.42 Å². The van der Waals surface area contributed by atoms with Crippen molar-refractivity contribution in [3.05, 3.63) is 108 Å². The molecule has 0 amide bonds. The van der Waals surface area contributed by atoms with Gasteiger partial charge in [0.05, 0.1) is 23.1 Å². The number of fused-ring (bicyclic) bond motifs is 1. The van der Waals surface area contributed by atoms with Crippen molar-refractivity contribution in [1.29, 1.82) is 0 Å². The van der Waals surface area contributed by atoms with Gasteiger partial charge in [0.1, 0.15) is 0 Å². The van der Waals surface area contributed by atoms with Gasteiger partial charge in [-0.1, -0.05) is 72.8 Å². The predicted molar refractivity (Wildman–Crippen MR) is 105 cm³/mol. The molecule has 0 aliphatic carbocycles. The highest BCUT2D eigenvalue weighted by molar-refractivity contribution is 5.86. The Balaban J connectivity index is 1.62. The number of benzene rings is 3. The molecule has 25 heavy (non-hydrogen) atoms. The molecule has 3 aromatic carbocycles. The van der Waals surface area contributed by atoms with Gasteiger partial charge in [0.2, 0.25) is 0 Å². The van der Waals surface area contributed by atoms with Crippen LogP contribution in [0.3, 0.4) is 0 Å². The van der Waals surface area contributed by atoms with Gasteiger partial charge in [-0.15, -0.1) is 0 Å². The van der Waals surface area contributed by atoms with E-state index in [2.05, 4.69) is 59.6 Å². The highest BCUT2D eigenvalue weighted by atomic mass is 14.8. The van der Waals surface area contributed by atoms with Crippen LogP contribution >= 0.6 is 0 Å². The molecular formula is C23H18N2. The van der Waals surface area contributed by atoms with Gasteiger partial charge in [-0.25, -0.2) is 4.98 Å². The van der Waals surface area contributed by atoms with Crippen molar-refractivity contribution in [3.8, 4) is 0 Å². The first-order valence-electron chi connectivity index (χ1n) is 8.40. The van der Waals surface area contributed by atoms with E-state index in [4.69, 9.17) is 4.99 Å². The fraction of sp³-hybridized carbons (Fsp3) is 0.0435. The summed E-state index contributed by atoms with van der Waals surface area (Å²) in [4.78, 5) is 9.35. The van der Waals surface area contributed by atoms with E-state index in [9.17, 15) is 0 Å². The largest absolute Gasteiger partial charge is 0.254 e. The van der Waals surface area contributed by atoms with E-state index in [0.717, 1.165) is 28.7 Å². The molecule has 0 unspecified atom stereocenters. The lowest BCUT2D eigenvalue weighted by atomic mass is 10.0. The topological polar surface area (TPSA) is 25.2 Å². The number of pyridine rings is 1. The summed E-state index contributed by atoms with van der Waals surface area (Å²) in [7, 11) is 0. The van der Waals surface area contributed by atoms with Gasteiger partial charge in [-0.2, -0.15) is 0 Å². The first kappa shape index (κ1) is 15.3. The monoisotopic (exact) mass is 322 g/mol. The molecule has 2 nitrogen and oxygen atoms in total. The Morgan fingerprint density at radius 2 is 1.48 bits per heavy atom. The zero-order valence-corrected chi connectivity index (χ0v) is 13.8. The molecule has 4 rings (SSSR count). The minimum atomic E-state index is 0.869. The second-order valence-corrected chi connectivity index (χ2v) is 5.98. The fourth-order valence-corrected chi connectivity index (χ4v) is 2.89. The summed E-state index contributed by atoms with van der Waals surface area (Å²) < 4.78 is 0. The Morgan fingerprint density at radius 3 is 2.40 bits per heavy atom. The van der Waals surface area contributed by atoms with Gasteiger partial charge in [-0.3, -0.25) is 4.99 Å². The van der Waals surface area contributed by atoms with Gasteiger partial charge < -0.3 is 0 Å². The van der Waals surface area contributed by atoms with E-state index in [1.165, 1.54) is 11.1 Å². The summed E-state index contributed by atoms with van der Waals surface area (Å²) in [6.45, 7) is 0. The molecule has 0 atom stereocenters. The molecule has 0 saturated carbocycles. The molecule has 0 bridgehead atoms. The number of aromatic nitrogens is 1. The third-order valence-corrected chi connectivity index (χ3v) is 4.18. The second-order valence-electron chi connectivity index (χ2n) is 5.98. The highest BCUT2D eigenvalue weighted by Crippen LogP contribution is 2.22. The van der Waals surface area contributed by atoms with Crippen LogP contribution in [0.5, 0.6) is 0 Å². The van der Waals surface area contributed by atoms with Crippen molar-refractivity contribution in [2.24, 2.45) is 4.99 Å². The Kier molecular flexibility index (Phi) is 4.34. The van der Waals surface area contributed by atoms with E-state index in [1.807, 2.05) is 42.6 Å². The van der Waals surface area contributed by atoms with Gasteiger partial charge >= 0.3 is 0 Å². The van der Waals surface area contributed by atoms with Crippen LogP contribution in [-0.4, -0.2) is 11.2 Å². The zero-order chi connectivity index (χ0) is 16.9. The summed E-state index contributed by atoms with van der Waals surface area (Å²) in [6, 6.07) is 30.9. The smallest absolute Gasteiger partial charge is 0.0820 e. The lowest BCUT2D eigenvalue weighted by molar-refractivity contribution is 1.18. The Hall–Kier alpha value is -3.26. The fourth-order valence-electron chi connectivity index (χ4n) is 2.89. The molecule has 4 aromatic rings. The predicted octanol–water partition coefficient (Wildman–Crippen LogP) is 5.58. The van der Waals surface area contributed by atoms with Gasteiger partial charge in [0, 0.05) is 5.39 Å². The van der Waals surface area contributed by atoms with Crippen molar-refractivity contribution < 1.29 is 0 Å². The number of hydrogen-bond donors (Lipinski definition) is 0. The standard InChI is InChI=1S/C23H18N2/c1-2-8-18(9-3-1)16-20-11-5-6-12-22(20)24-17-21-15-14-19-10-4-7-13-23(19)25-21/h1-15,17H,16H2. The summed E-state index contributed by atoms with van der Waals surface area (Å²) >= 11 is 0. The second kappa shape index (κ2) is 7.10. The van der Waals surface area contributed by atoms with Crippen LogP contribution in [0.2, 0.25) is 0 Å². The Bertz CT molecular complexity index is 1020. The minimum Gasteiger partial charge on any atom is -0.254 e. The van der Waals surface area contributed by atoms with E-state index in [0.29, 0.717) is 0 Å². The summed E-state index contributed by atoms with van der Waals surface area (Å²) in [5, 5.41) is 1.14. The number of hydrogen-bond acceptors (Lipinski definition) is 2. The molecule has 0 saturated heterocycles. The van der Waals surface area contributed by atoms with Crippen LogP contribution in [0.25, 0.3) is 10.9 Å². The maximum Gasteiger partial charge on any atom is 0.0820 e. The number of rotatable bonds is 4. The van der Waals surface area contributed by atoms with Crippen molar-refractivity contribution >= 4 is 22.8 Å². The van der Waals surface area contributed by atoms with E-state index >= 15 is 0 Å². The van der Waals surface area contributed by atoms with Crippen LogP contribution in [0.15, 0.2) is 96.0 Å². The molecule has 0 radical (unpaired) electrons. The molecule has 120 valence electrons. The van der Waals surface area contributed by atoms with E-state index in [1.54, 1.807) is 0 Å². The molecule has 0 N–H and O–H groups in total. The first-order chi connectivity index (χ1) is 12.4. The van der Waals surface area contributed by atoms with Crippen molar-refractivity contribution in [1.82, 2.24) is 4.98 Å². The summed E-state index contributed by atoms with van der Waals surface area (Å²) in [5.41, 5.74) is 5.35. The molecule has 1 aromatic heterocycles. The lowest BCUT2D eigenvalue weighted by Gasteiger charge is -2.05. The van der Waals surface area contributed by atoms with Gasteiger partial charge in [0.25, 0.3) is 0 Å². The minimum absolute atomic E-state index is 0.869. The van der Waals surface area contributed by atoms with Gasteiger partial charge in [0.15, 0.2) is 0 Å². The summed E-state index contributed by atoms with van der Waals surface area (Å²) in [5.74, 6) is 0. The average molecular weight is 322 g/mol. The van der Waals surface area contributed by atoms with E-state index < -0.39 is 0 Å². The quantitative estimate of drug-likeness (QED) is 0.450. The first-order valence-corrected chi connectivity index (χ1v) is 8.40. The van der Waals surface area contributed by atoms with Crippen molar-refractivity contribution in [2.75, 3.05) is 0 Å². The highest BCUT2D eigenvalue weighted by Gasteiger charge is 2.02. The molecular weight excluding hydrogens is 304 g/mol. The SMILES string of the molecule is C(=Nc1ccccc1Cc1ccccc1)c1ccc2ccccc2n1. The van der Waals surface area contributed by atoms with Gasteiger partial charge in [-0.05, 0) is 35.7 Å². The normalized spacial score (nSPS) is 11.2. The van der Waals surface area contributed by atoms with Crippen LogP contribution in [0, 0.1) is 0 Å². The Morgan fingerprint density at radius 1 is 0.720 bits per heavy atom. The van der Waals surface area contributed by atoms with Crippen LogP contribution < -0.4 is 0 Å². The van der Waals surface area contributed by atoms with Crippen molar-refractivity contribution in [2.45, 2.75) is 6.42 Å². The molecule has 0 spiro atoms. The lowest BCUT2D eigenvalue weighted by Crippen LogP contribution is -1.90. The zero-order valence-electron chi connectivity index (χ0n) is 13.8. The number of nitrogens with zero attached hydrogens (tertiary/aromatic N) is 2. The molecule has 0 aliphatic heterocycles. The third kappa shape index (κ3) is 3.64.